The maximum absolute atomic E-state index is 11.1. The molecule has 0 bridgehead atoms. The van der Waals surface area contributed by atoms with Crippen LogP contribution in [0.2, 0.25) is 0 Å². The Labute approximate surface area is 149 Å². The number of carbonyl (C=O) groups excluding carboxylic acids is 1. The summed E-state index contributed by atoms with van der Waals surface area (Å²) in [5.74, 6) is 8.44. The highest BCUT2D eigenvalue weighted by molar-refractivity contribution is 5.68. The fourth-order valence-electron chi connectivity index (χ4n) is 3.65. The molecule has 24 heavy (non-hydrogen) atoms. The first-order valence-corrected chi connectivity index (χ1v) is 9.80. The van der Waals surface area contributed by atoms with E-state index in [0.717, 1.165) is 37.5 Å². The van der Waals surface area contributed by atoms with Gasteiger partial charge in [-0.25, -0.2) is 0 Å². The number of hydrogen-bond donors (Lipinski definition) is 0. The molecule has 136 valence electrons. The Morgan fingerprint density at radius 1 is 1.25 bits per heavy atom. The molecule has 0 spiro atoms. The highest BCUT2D eigenvalue weighted by Gasteiger charge is 2.24. The molecule has 0 aromatic heterocycles. The largest absolute Gasteiger partial charge is 0.469 e. The molecule has 3 atom stereocenters. The standard InChI is InChI=1S/C22H36O2/c1-4-5-12-19(2)13-10-15-21-17-11-16-20(21)14-8-6-7-9-18-22(23)24-3/h10,15,19-21H,6-9,11-14,16-18H2,1-3H3/t19?,20-,21-/m0/s1. The van der Waals surface area contributed by atoms with Crippen LogP contribution in [0.1, 0.15) is 84.5 Å². The quantitative estimate of drug-likeness (QED) is 0.203. The van der Waals surface area contributed by atoms with Crippen molar-refractivity contribution in [2.75, 3.05) is 7.11 Å². The lowest BCUT2D eigenvalue weighted by Crippen LogP contribution is -2.05. The minimum atomic E-state index is -0.0739. The zero-order chi connectivity index (χ0) is 17.6. The summed E-state index contributed by atoms with van der Waals surface area (Å²) in [6, 6.07) is 0. The first kappa shape index (κ1) is 20.8. The lowest BCUT2D eigenvalue weighted by Gasteiger charge is -2.16. The monoisotopic (exact) mass is 332 g/mol. The predicted molar refractivity (Wildman–Crippen MR) is 102 cm³/mol. The molecular formula is C22H36O2. The van der Waals surface area contributed by atoms with Crippen LogP contribution in [0.25, 0.3) is 0 Å². The summed E-state index contributed by atoms with van der Waals surface area (Å²) >= 11 is 0. The summed E-state index contributed by atoms with van der Waals surface area (Å²) in [6.45, 7) is 4.20. The van der Waals surface area contributed by atoms with Crippen LogP contribution in [-0.2, 0) is 9.53 Å². The molecule has 1 rings (SSSR count). The fourth-order valence-corrected chi connectivity index (χ4v) is 3.65. The zero-order valence-electron chi connectivity index (χ0n) is 16.0. The highest BCUT2D eigenvalue weighted by atomic mass is 16.5. The average molecular weight is 333 g/mol. The molecule has 0 radical (unpaired) electrons. The summed E-state index contributed by atoms with van der Waals surface area (Å²) in [7, 11) is 1.47. The van der Waals surface area contributed by atoms with Crippen molar-refractivity contribution in [3.8, 4) is 11.8 Å². The Bertz CT molecular complexity index is 427. The smallest absolute Gasteiger partial charge is 0.305 e. The number of carbonyl (C=O) groups is 1. The van der Waals surface area contributed by atoms with Gasteiger partial charge in [0.1, 0.15) is 0 Å². The van der Waals surface area contributed by atoms with Crippen molar-refractivity contribution >= 4 is 5.97 Å². The van der Waals surface area contributed by atoms with Gasteiger partial charge in [0.15, 0.2) is 0 Å². The molecule has 0 aliphatic heterocycles. The molecule has 0 saturated heterocycles. The van der Waals surface area contributed by atoms with Crippen molar-refractivity contribution in [1.82, 2.24) is 0 Å². The topological polar surface area (TPSA) is 26.3 Å². The van der Waals surface area contributed by atoms with Crippen LogP contribution in [0.3, 0.4) is 0 Å². The molecule has 1 saturated carbocycles. The number of ether oxygens (including phenoxy) is 1. The molecular weight excluding hydrogens is 296 g/mol. The number of hydrogen-bond acceptors (Lipinski definition) is 2. The van der Waals surface area contributed by atoms with Gasteiger partial charge in [0.25, 0.3) is 0 Å². The molecule has 1 aliphatic rings. The summed E-state index contributed by atoms with van der Waals surface area (Å²) in [6.07, 6.45) is 17.8. The first-order chi connectivity index (χ1) is 11.7. The van der Waals surface area contributed by atoms with Crippen molar-refractivity contribution < 1.29 is 9.53 Å². The van der Waals surface area contributed by atoms with Crippen molar-refractivity contribution in [1.29, 1.82) is 0 Å². The van der Waals surface area contributed by atoms with E-state index in [1.54, 1.807) is 0 Å². The van der Waals surface area contributed by atoms with Crippen LogP contribution in [-0.4, -0.2) is 13.1 Å². The van der Waals surface area contributed by atoms with Crippen LogP contribution in [0, 0.1) is 29.6 Å². The van der Waals surface area contributed by atoms with E-state index in [9.17, 15) is 4.79 Å². The Balaban J connectivity index is 2.15. The molecule has 0 aromatic rings. The van der Waals surface area contributed by atoms with Gasteiger partial charge in [-0.2, -0.15) is 0 Å². The number of unbranched alkanes of at least 4 members (excludes halogenated alkanes) is 3. The molecule has 2 nitrogen and oxygen atoms in total. The van der Waals surface area contributed by atoms with Crippen LogP contribution in [0.5, 0.6) is 0 Å². The lowest BCUT2D eigenvalue weighted by molar-refractivity contribution is -0.140. The van der Waals surface area contributed by atoms with Gasteiger partial charge < -0.3 is 4.74 Å². The van der Waals surface area contributed by atoms with E-state index in [-0.39, 0.29) is 5.97 Å². The third kappa shape index (κ3) is 9.16. The first-order valence-electron chi connectivity index (χ1n) is 9.80. The maximum atomic E-state index is 11.1. The average Bonchev–Trinajstić information content (AvgIpc) is 3.03. The van der Waals surface area contributed by atoms with Crippen molar-refractivity contribution in [2.45, 2.75) is 84.5 Å². The Kier molecular flexibility index (Phi) is 11.4. The Morgan fingerprint density at radius 3 is 2.79 bits per heavy atom. The number of esters is 1. The number of allylic oxidation sites excluding steroid dienone is 2. The molecule has 0 aromatic carbocycles. The van der Waals surface area contributed by atoms with Crippen LogP contribution < -0.4 is 0 Å². The molecule has 2 heteroatoms. The van der Waals surface area contributed by atoms with Gasteiger partial charge in [-0.05, 0) is 56.8 Å². The summed E-state index contributed by atoms with van der Waals surface area (Å²) < 4.78 is 4.67. The van der Waals surface area contributed by atoms with E-state index in [4.69, 9.17) is 0 Å². The van der Waals surface area contributed by atoms with Gasteiger partial charge in [0, 0.05) is 12.8 Å². The van der Waals surface area contributed by atoms with E-state index in [1.807, 2.05) is 6.92 Å². The van der Waals surface area contributed by atoms with E-state index < -0.39 is 0 Å². The summed E-state index contributed by atoms with van der Waals surface area (Å²) in [4.78, 5) is 11.1. The maximum Gasteiger partial charge on any atom is 0.305 e. The number of methoxy groups -OCH3 is 1. The van der Waals surface area contributed by atoms with Crippen LogP contribution >= 0.6 is 0 Å². The SMILES string of the molecule is CC#CCC(C)CC=C[C@H]1CCC[C@@H]1CCCCCCC(=O)OC. The number of rotatable bonds is 11. The van der Waals surface area contributed by atoms with Gasteiger partial charge in [-0.15, -0.1) is 11.8 Å². The van der Waals surface area contributed by atoms with E-state index >= 15 is 0 Å². The minimum absolute atomic E-state index is 0.0739. The lowest BCUT2D eigenvalue weighted by atomic mass is 9.89. The zero-order valence-corrected chi connectivity index (χ0v) is 16.0. The predicted octanol–water partition coefficient (Wildman–Crippen LogP) is 5.91. The Hall–Kier alpha value is -1.23. The molecule has 1 fully saturated rings. The molecule has 0 N–H and O–H groups in total. The summed E-state index contributed by atoms with van der Waals surface area (Å²) in [5, 5.41) is 0. The van der Waals surface area contributed by atoms with Crippen LogP contribution in [0.15, 0.2) is 12.2 Å². The van der Waals surface area contributed by atoms with E-state index in [0.29, 0.717) is 12.3 Å². The van der Waals surface area contributed by atoms with E-state index in [2.05, 4.69) is 35.7 Å². The van der Waals surface area contributed by atoms with Gasteiger partial charge in [0.2, 0.25) is 0 Å². The van der Waals surface area contributed by atoms with Gasteiger partial charge in [0.05, 0.1) is 7.11 Å². The van der Waals surface area contributed by atoms with Crippen molar-refractivity contribution in [2.24, 2.45) is 17.8 Å². The van der Waals surface area contributed by atoms with Gasteiger partial charge in [-0.3, -0.25) is 4.79 Å². The third-order valence-corrected chi connectivity index (χ3v) is 5.20. The Morgan fingerprint density at radius 2 is 2.04 bits per heavy atom. The second-order valence-electron chi connectivity index (χ2n) is 7.28. The highest BCUT2D eigenvalue weighted by Crippen LogP contribution is 2.36. The van der Waals surface area contributed by atoms with Gasteiger partial charge >= 0.3 is 5.97 Å². The van der Waals surface area contributed by atoms with Crippen LogP contribution in [0.4, 0.5) is 0 Å². The fraction of sp³-hybridized carbons (Fsp3) is 0.773. The van der Waals surface area contributed by atoms with Crippen molar-refractivity contribution in [3.63, 3.8) is 0 Å². The van der Waals surface area contributed by atoms with Crippen molar-refractivity contribution in [3.05, 3.63) is 12.2 Å². The molecule has 0 amide bonds. The second-order valence-corrected chi connectivity index (χ2v) is 7.28. The molecule has 1 aliphatic carbocycles. The molecule has 0 heterocycles. The van der Waals surface area contributed by atoms with Gasteiger partial charge in [-0.1, -0.05) is 44.8 Å². The molecule has 1 unspecified atom stereocenters. The summed E-state index contributed by atoms with van der Waals surface area (Å²) in [5.41, 5.74) is 0. The minimum Gasteiger partial charge on any atom is -0.469 e. The van der Waals surface area contributed by atoms with E-state index in [1.165, 1.54) is 45.6 Å². The third-order valence-electron chi connectivity index (χ3n) is 5.20. The second kappa shape index (κ2) is 13.1. The normalized spacial score (nSPS) is 21.5.